The molecule has 1 fully saturated rings. The lowest BCUT2D eigenvalue weighted by molar-refractivity contribution is -0.125. The smallest absolute Gasteiger partial charge is 0.255 e. The van der Waals surface area contributed by atoms with Gasteiger partial charge in [0.05, 0.1) is 0 Å². The summed E-state index contributed by atoms with van der Waals surface area (Å²) in [6.45, 7) is 0.421. The first-order chi connectivity index (χ1) is 12.5. The maximum absolute atomic E-state index is 12.9. The molecule has 0 radical (unpaired) electrons. The van der Waals surface area contributed by atoms with E-state index in [1.54, 1.807) is 24.3 Å². The summed E-state index contributed by atoms with van der Waals surface area (Å²) in [5.41, 5.74) is 7.78. The molecule has 2 aromatic carbocycles. The molecule has 2 atom stereocenters. The molecule has 0 spiro atoms. The molecule has 0 aromatic heterocycles. The Balaban J connectivity index is 0.00000261. The molecule has 0 heterocycles. The number of nitrogens with two attached hydrogens (primary N) is 1. The van der Waals surface area contributed by atoms with Gasteiger partial charge in [0.2, 0.25) is 5.91 Å². The first-order valence-electron chi connectivity index (χ1n) is 8.70. The second kappa shape index (κ2) is 9.48. The van der Waals surface area contributed by atoms with Crippen molar-refractivity contribution in [2.75, 3.05) is 5.32 Å². The molecule has 2 aromatic rings. The largest absolute Gasteiger partial charge is 0.352 e. The Kier molecular flexibility index (Phi) is 7.33. The van der Waals surface area contributed by atoms with Gasteiger partial charge in [-0.2, -0.15) is 0 Å². The summed E-state index contributed by atoms with van der Waals surface area (Å²) in [6, 6.07) is 12.7. The summed E-state index contributed by atoms with van der Waals surface area (Å²) in [5, 5.41) is 5.63. The average molecular weight is 392 g/mol. The predicted molar refractivity (Wildman–Crippen MR) is 105 cm³/mol. The van der Waals surface area contributed by atoms with E-state index in [0.29, 0.717) is 17.8 Å². The molecule has 0 saturated heterocycles. The minimum atomic E-state index is -0.353. The van der Waals surface area contributed by atoms with Crippen molar-refractivity contribution in [2.45, 2.75) is 31.8 Å². The highest BCUT2D eigenvalue weighted by Crippen LogP contribution is 2.24. The van der Waals surface area contributed by atoms with Crippen LogP contribution in [0.2, 0.25) is 0 Å². The third-order valence-corrected chi connectivity index (χ3v) is 4.63. The second-order valence-electron chi connectivity index (χ2n) is 6.65. The van der Waals surface area contributed by atoms with Crippen LogP contribution in [0.1, 0.15) is 35.2 Å². The first-order valence-corrected chi connectivity index (χ1v) is 8.70. The van der Waals surface area contributed by atoms with Crippen molar-refractivity contribution >= 4 is 29.9 Å². The molecule has 1 aliphatic rings. The molecule has 1 aliphatic carbocycles. The molecule has 2 amide bonds. The molecule has 27 heavy (non-hydrogen) atoms. The van der Waals surface area contributed by atoms with Gasteiger partial charge < -0.3 is 16.4 Å². The second-order valence-corrected chi connectivity index (χ2v) is 6.65. The Hall–Kier alpha value is -2.44. The van der Waals surface area contributed by atoms with E-state index in [-0.39, 0.29) is 42.0 Å². The Bertz CT molecular complexity index is 781. The summed E-state index contributed by atoms with van der Waals surface area (Å²) in [6.07, 6.45) is 2.49. The molecule has 7 heteroatoms. The van der Waals surface area contributed by atoms with Crippen LogP contribution in [-0.4, -0.2) is 17.9 Å². The number of benzene rings is 2. The molecule has 144 valence electrons. The molecule has 5 nitrogen and oxygen atoms in total. The van der Waals surface area contributed by atoms with Crippen LogP contribution in [0, 0.1) is 11.7 Å². The summed E-state index contributed by atoms with van der Waals surface area (Å²) < 4.78 is 12.9. The number of rotatable bonds is 5. The lowest BCUT2D eigenvalue weighted by Gasteiger charge is -2.11. The van der Waals surface area contributed by atoms with Gasteiger partial charge >= 0.3 is 0 Å². The number of halogens is 2. The van der Waals surface area contributed by atoms with E-state index in [0.717, 1.165) is 24.8 Å². The molecule has 3 rings (SSSR count). The average Bonchev–Trinajstić information content (AvgIpc) is 3.08. The van der Waals surface area contributed by atoms with Crippen molar-refractivity contribution < 1.29 is 14.0 Å². The topological polar surface area (TPSA) is 84.2 Å². The van der Waals surface area contributed by atoms with Crippen LogP contribution in [-0.2, 0) is 11.3 Å². The van der Waals surface area contributed by atoms with Crippen LogP contribution in [0.4, 0.5) is 10.1 Å². The number of anilines is 1. The van der Waals surface area contributed by atoms with Gasteiger partial charge in [-0.1, -0.05) is 12.1 Å². The van der Waals surface area contributed by atoms with Gasteiger partial charge in [-0.05, 0) is 61.2 Å². The maximum Gasteiger partial charge on any atom is 0.255 e. The number of hydrogen-bond acceptors (Lipinski definition) is 3. The van der Waals surface area contributed by atoms with Crippen LogP contribution < -0.4 is 16.4 Å². The zero-order chi connectivity index (χ0) is 18.5. The molecular formula is C20H23ClFN3O2. The van der Waals surface area contributed by atoms with Gasteiger partial charge in [-0.15, -0.1) is 12.4 Å². The van der Waals surface area contributed by atoms with Crippen LogP contribution in [0.25, 0.3) is 0 Å². The number of carbonyl (C=O) groups excluding carboxylic acids is 2. The minimum Gasteiger partial charge on any atom is -0.352 e. The third-order valence-electron chi connectivity index (χ3n) is 4.63. The van der Waals surface area contributed by atoms with Gasteiger partial charge in [0.25, 0.3) is 5.91 Å². The van der Waals surface area contributed by atoms with Crippen molar-refractivity contribution in [1.29, 1.82) is 0 Å². The first kappa shape index (κ1) is 20.9. The molecular weight excluding hydrogens is 369 g/mol. The Morgan fingerprint density at radius 1 is 1.04 bits per heavy atom. The fourth-order valence-electron chi connectivity index (χ4n) is 3.10. The van der Waals surface area contributed by atoms with Crippen LogP contribution in [0.15, 0.2) is 48.5 Å². The van der Waals surface area contributed by atoms with Crippen molar-refractivity contribution in [3.8, 4) is 0 Å². The SMILES string of the molecule is Cl.NC1CCC(C(=O)NCc2ccc(C(=O)Nc3ccc(F)cc3)cc2)C1. The highest BCUT2D eigenvalue weighted by atomic mass is 35.5. The Morgan fingerprint density at radius 3 is 2.30 bits per heavy atom. The molecule has 0 bridgehead atoms. The van der Waals surface area contributed by atoms with Gasteiger partial charge in [-0.3, -0.25) is 9.59 Å². The van der Waals surface area contributed by atoms with E-state index in [2.05, 4.69) is 10.6 Å². The summed E-state index contributed by atoms with van der Waals surface area (Å²) >= 11 is 0. The molecule has 4 N–H and O–H groups in total. The number of hydrogen-bond donors (Lipinski definition) is 3. The quantitative estimate of drug-likeness (QED) is 0.731. The van der Waals surface area contributed by atoms with E-state index in [4.69, 9.17) is 5.73 Å². The number of carbonyl (C=O) groups is 2. The van der Waals surface area contributed by atoms with E-state index >= 15 is 0 Å². The molecule has 0 aliphatic heterocycles. The van der Waals surface area contributed by atoms with E-state index in [1.165, 1.54) is 24.3 Å². The highest BCUT2D eigenvalue weighted by Gasteiger charge is 2.27. The molecule has 1 saturated carbocycles. The fourth-order valence-corrected chi connectivity index (χ4v) is 3.10. The van der Waals surface area contributed by atoms with Crippen molar-refractivity contribution in [1.82, 2.24) is 5.32 Å². The van der Waals surface area contributed by atoms with E-state index in [9.17, 15) is 14.0 Å². The Morgan fingerprint density at radius 2 is 1.70 bits per heavy atom. The van der Waals surface area contributed by atoms with Gasteiger partial charge in [-0.25, -0.2) is 4.39 Å². The van der Waals surface area contributed by atoms with Crippen LogP contribution >= 0.6 is 12.4 Å². The van der Waals surface area contributed by atoms with Gasteiger partial charge in [0.1, 0.15) is 5.82 Å². The minimum absolute atomic E-state index is 0. The Labute approximate surface area is 163 Å². The lowest BCUT2D eigenvalue weighted by atomic mass is 10.1. The summed E-state index contributed by atoms with van der Waals surface area (Å²) in [7, 11) is 0. The standard InChI is InChI=1S/C20H22FN3O2.ClH/c21-16-6-9-18(10-7-16)24-20(26)14-3-1-13(2-4-14)12-23-19(25)15-5-8-17(22)11-15;/h1-4,6-7,9-10,15,17H,5,8,11-12,22H2,(H,23,25)(H,24,26);1H. The highest BCUT2D eigenvalue weighted by molar-refractivity contribution is 6.04. The van der Waals surface area contributed by atoms with Gasteiger partial charge in [0, 0.05) is 29.8 Å². The predicted octanol–water partition coefficient (Wildman–Crippen LogP) is 3.24. The van der Waals surface area contributed by atoms with Crippen molar-refractivity contribution in [3.05, 3.63) is 65.5 Å². The fraction of sp³-hybridized carbons (Fsp3) is 0.300. The van der Waals surface area contributed by atoms with Crippen LogP contribution in [0.5, 0.6) is 0 Å². The normalized spacial score (nSPS) is 18.4. The van der Waals surface area contributed by atoms with Crippen molar-refractivity contribution in [3.63, 3.8) is 0 Å². The lowest BCUT2D eigenvalue weighted by Crippen LogP contribution is -2.30. The van der Waals surface area contributed by atoms with Gasteiger partial charge in [0.15, 0.2) is 0 Å². The summed E-state index contributed by atoms with van der Waals surface area (Å²) in [4.78, 5) is 24.3. The van der Waals surface area contributed by atoms with Crippen LogP contribution in [0.3, 0.4) is 0 Å². The van der Waals surface area contributed by atoms with Crippen molar-refractivity contribution in [2.24, 2.45) is 11.7 Å². The zero-order valence-corrected chi connectivity index (χ0v) is 15.6. The van der Waals surface area contributed by atoms with E-state index < -0.39 is 0 Å². The number of nitrogens with one attached hydrogen (secondary N) is 2. The summed E-state index contributed by atoms with van der Waals surface area (Å²) in [5.74, 6) is -0.581. The zero-order valence-electron chi connectivity index (χ0n) is 14.8. The maximum atomic E-state index is 12.9. The van der Waals surface area contributed by atoms with E-state index in [1.807, 2.05) is 0 Å². The third kappa shape index (κ3) is 5.77. The molecule has 2 unspecified atom stereocenters. The monoisotopic (exact) mass is 391 g/mol. The number of amides is 2.